The molecule has 0 bridgehead atoms. The Hall–Kier alpha value is -0.860. The van der Waals surface area contributed by atoms with Crippen molar-refractivity contribution in [3.63, 3.8) is 0 Å². The number of hydrogen-bond acceptors (Lipinski definition) is 2. The monoisotopic (exact) mass is 234 g/mol. The lowest BCUT2D eigenvalue weighted by molar-refractivity contribution is 0.394. The van der Waals surface area contributed by atoms with E-state index in [9.17, 15) is 0 Å². The van der Waals surface area contributed by atoms with Crippen LogP contribution in [-0.4, -0.2) is 32.1 Å². The van der Waals surface area contributed by atoms with Gasteiger partial charge in [0.1, 0.15) is 0 Å². The molecule has 0 radical (unpaired) electrons. The SMILES string of the molecule is Cc1cc(C)c(CNCCCN(C)C)c(C)c1. The molecule has 0 aromatic heterocycles. The van der Waals surface area contributed by atoms with Crippen LogP contribution in [0, 0.1) is 20.8 Å². The van der Waals surface area contributed by atoms with E-state index < -0.39 is 0 Å². The maximum Gasteiger partial charge on any atom is 0.0210 e. The Labute approximate surface area is 106 Å². The van der Waals surface area contributed by atoms with Crippen LogP contribution >= 0.6 is 0 Å². The normalized spacial score (nSPS) is 11.2. The fraction of sp³-hybridized carbons (Fsp3) is 0.600. The van der Waals surface area contributed by atoms with E-state index in [1.165, 1.54) is 28.7 Å². The Balaban J connectivity index is 2.42. The average molecular weight is 234 g/mol. The zero-order valence-corrected chi connectivity index (χ0v) is 11.9. The lowest BCUT2D eigenvalue weighted by Crippen LogP contribution is -2.21. The van der Waals surface area contributed by atoms with E-state index >= 15 is 0 Å². The maximum atomic E-state index is 3.53. The van der Waals surface area contributed by atoms with Gasteiger partial charge in [-0.05, 0) is 71.1 Å². The standard InChI is InChI=1S/C15H26N2/c1-12-9-13(2)15(14(3)10-12)11-16-7-6-8-17(4)5/h9-10,16H,6-8,11H2,1-5H3. The summed E-state index contributed by atoms with van der Waals surface area (Å²) in [5.41, 5.74) is 5.63. The quantitative estimate of drug-likeness (QED) is 0.761. The van der Waals surface area contributed by atoms with Crippen LogP contribution in [0.5, 0.6) is 0 Å². The van der Waals surface area contributed by atoms with Crippen LogP contribution in [0.3, 0.4) is 0 Å². The first-order valence-electron chi connectivity index (χ1n) is 6.43. The van der Waals surface area contributed by atoms with E-state index in [-0.39, 0.29) is 0 Å². The van der Waals surface area contributed by atoms with Gasteiger partial charge in [-0.15, -0.1) is 0 Å². The van der Waals surface area contributed by atoms with E-state index in [1.54, 1.807) is 0 Å². The predicted octanol–water partition coefficient (Wildman–Crippen LogP) is 2.65. The van der Waals surface area contributed by atoms with E-state index in [0.717, 1.165) is 19.6 Å². The molecule has 2 nitrogen and oxygen atoms in total. The van der Waals surface area contributed by atoms with Gasteiger partial charge in [-0.2, -0.15) is 0 Å². The average Bonchev–Trinajstić information content (AvgIpc) is 2.20. The van der Waals surface area contributed by atoms with Crippen molar-refractivity contribution in [1.29, 1.82) is 0 Å². The van der Waals surface area contributed by atoms with Crippen LogP contribution in [0.4, 0.5) is 0 Å². The highest BCUT2D eigenvalue weighted by Gasteiger charge is 2.03. The first-order valence-corrected chi connectivity index (χ1v) is 6.43. The first-order chi connectivity index (χ1) is 8.00. The first kappa shape index (κ1) is 14.2. The summed E-state index contributed by atoms with van der Waals surface area (Å²) in [7, 11) is 4.24. The van der Waals surface area contributed by atoms with E-state index in [0.29, 0.717) is 0 Å². The molecule has 1 N–H and O–H groups in total. The molecule has 0 atom stereocenters. The van der Waals surface area contributed by atoms with Crippen LogP contribution < -0.4 is 5.32 Å². The lowest BCUT2D eigenvalue weighted by atomic mass is 10.00. The molecule has 96 valence electrons. The van der Waals surface area contributed by atoms with Gasteiger partial charge in [-0.1, -0.05) is 17.7 Å². The number of nitrogens with zero attached hydrogens (tertiary/aromatic N) is 1. The molecule has 0 spiro atoms. The molecule has 0 aliphatic heterocycles. The van der Waals surface area contributed by atoms with Gasteiger partial charge in [0, 0.05) is 6.54 Å². The lowest BCUT2D eigenvalue weighted by Gasteiger charge is -2.13. The summed E-state index contributed by atoms with van der Waals surface area (Å²) >= 11 is 0. The number of benzene rings is 1. The topological polar surface area (TPSA) is 15.3 Å². The number of nitrogens with one attached hydrogen (secondary N) is 1. The molecule has 0 amide bonds. The molecular formula is C15H26N2. The third-order valence-corrected chi connectivity index (χ3v) is 3.10. The van der Waals surface area contributed by atoms with Gasteiger partial charge in [-0.3, -0.25) is 0 Å². The van der Waals surface area contributed by atoms with Gasteiger partial charge in [0.15, 0.2) is 0 Å². The van der Waals surface area contributed by atoms with Gasteiger partial charge < -0.3 is 10.2 Å². The molecule has 0 fully saturated rings. The van der Waals surface area contributed by atoms with Crippen molar-refractivity contribution in [2.75, 3.05) is 27.2 Å². The maximum absolute atomic E-state index is 3.53. The summed E-state index contributed by atoms with van der Waals surface area (Å²) in [4.78, 5) is 2.23. The number of rotatable bonds is 6. The zero-order valence-electron chi connectivity index (χ0n) is 11.9. The summed E-state index contributed by atoms with van der Waals surface area (Å²) in [5, 5.41) is 3.53. The Morgan fingerprint density at radius 3 is 2.18 bits per heavy atom. The van der Waals surface area contributed by atoms with Crippen molar-refractivity contribution in [3.8, 4) is 0 Å². The second-order valence-electron chi connectivity index (χ2n) is 5.21. The highest BCUT2D eigenvalue weighted by atomic mass is 15.0. The second kappa shape index (κ2) is 6.77. The minimum absolute atomic E-state index is 0.991. The van der Waals surface area contributed by atoms with Crippen molar-refractivity contribution in [2.45, 2.75) is 33.7 Å². The second-order valence-corrected chi connectivity index (χ2v) is 5.21. The van der Waals surface area contributed by atoms with Gasteiger partial charge in [0.25, 0.3) is 0 Å². The zero-order chi connectivity index (χ0) is 12.8. The predicted molar refractivity (Wildman–Crippen MR) is 75.5 cm³/mol. The fourth-order valence-electron chi connectivity index (χ4n) is 2.22. The van der Waals surface area contributed by atoms with Crippen LogP contribution in [0.2, 0.25) is 0 Å². The molecule has 0 aliphatic rings. The van der Waals surface area contributed by atoms with Gasteiger partial charge in [-0.25, -0.2) is 0 Å². The third kappa shape index (κ3) is 4.88. The molecule has 1 aromatic carbocycles. The molecule has 0 saturated heterocycles. The van der Waals surface area contributed by atoms with E-state index in [1.807, 2.05) is 0 Å². The number of hydrogen-bond donors (Lipinski definition) is 1. The van der Waals surface area contributed by atoms with E-state index in [4.69, 9.17) is 0 Å². The van der Waals surface area contributed by atoms with Gasteiger partial charge in [0.2, 0.25) is 0 Å². The Bertz CT molecular complexity index is 333. The molecule has 1 aromatic rings. The summed E-state index contributed by atoms with van der Waals surface area (Å²) in [6, 6.07) is 4.54. The molecule has 17 heavy (non-hydrogen) atoms. The van der Waals surface area contributed by atoms with Crippen molar-refractivity contribution in [2.24, 2.45) is 0 Å². The Morgan fingerprint density at radius 2 is 1.65 bits per heavy atom. The molecule has 0 heterocycles. The van der Waals surface area contributed by atoms with Crippen LogP contribution in [0.15, 0.2) is 12.1 Å². The smallest absolute Gasteiger partial charge is 0.0210 e. The fourth-order valence-corrected chi connectivity index (χ4v) is 2.22. The van der Waals surface area contributed by atoms with Crippen molar-refractivity contribution >= 4 is 0 Å². The molecule has 1 rings (SSSR count). The van der Waals surface area contributed by atoms with Crippen LogP contribution in [0.1, 0.15) is 28.7 Å². The minimum Gasteiger partial charge on any atom is -0.313 e. The minimum atomic E-state index is 0.991. The largest absolute Gasteiger partial charge is 0.313 e. The summed E-state index contributed by atoms with van der Waals surface area (Å²) in [6.45, 7) is 9.80. The molecule has 2 heteroatoms. The van der Waals surface area contributed by atoms with Crippen LogP contribution in [-0.2, 0) is 6.54 Å². The third-order valence-electron chi connectivity index (χ3n) is 3.10. The molecule has 0 saturated carbocycles. The van der Waals surface area contributed by atoms with Crippen LogP contribution in [0.25, 0.3) is 0 Å². The molecule has 0 aliphatic carbocycles. The summed E-state index contributed by atoms with van der Waals surface area (Å²) in [5.74, 6) is 0. The Kier molecular flexibility index (Phi) is 5.66. The Morgan fingerprint density at radius 1 is 1.06 bits per heavy atom. The highest BCUT2D eigenvalue weighted by Crippen LogP contribution is 2.15. The number of aryl methyl sites for hydroxylation is 3. The molecule has 0 unspecified atom stereocenters. The molecular weight excluding hydrogens is 208 g/mol. The van der Waals surface area contributed by atoms with Crippen molar-refractivity contribution in [3.05, 3.63) is 34.4 Å². The van der Waals surface area contributed by atoms with Crippen molar-refractivity contribution < 1.29 is 0 Å². The van der Waals surface area contributed by atoms with Gasteiger partial charge in [0.05, 0.1) is 0 Å². The van der Waals surface area contributed by atoms with E-state index in [2.05, 4.69) is 57.2 Å². The summed E-state index contributed by atoms with van der Waals surface area (Å²) < 4.78 is 0. The highest BCUT2D eigenvalue weighted by molar-refractivity contribution is 5.37. The van der Waals surface area contributed by atoms with Gasteiger partial charge >= 0.3 is 0 Å². The summed E-state index contributed by atoms with van der Waals surface area (Å²) in [6.07, 6.45) is 1.21. The van der Waals surface area contributed by atoms with Crippen molar-refractivity contribution in [1.82, 2.24) is 10.2 Å².